The van der Waals surface area contributed by atoms with Gasteiger partial charge in [-0.05, 0) is 56.5 Å². The lowest BCUT2D eigenvalue weighted by atomic mass is 9.96. The molecule has 0 amide bonds. The molecule has 0 unspecified atom stereocenters. The van der Waals surface area contributed by atoms with Gasteiger partial charge in [-0.1, -0.05) is 18.2 Å². The minimum atomic E-state index is 0.346. The van der Waals surface area contributed by atoms with Crippen molar-refractivity contribution < 1.29 is 9.47 Å². The molecule has 1 atom stereocenters. The Bertz CT molecular complexity index is 923. The summed E-state index contributed by atoms with van der Waals surface area (Å²) in [6.45, 7) is 9.80. The van der Waals surface area contributed by atoms with Gasteiger partial charge < -0.3 is 19.3 Å². The number of anilines is 2. The van der Waals surface area contributed by atoms with Crippen LogP contribution in [0.15, 0.2) is 48.5 Å². The molecule has 0 aromatic heterocycles. The molecule has 4 aliphatic heterocycles. The van der Waals surface area contributed by atoms with Gasteiger partial charge in [0.1, 0.15) is 0 Å². The Balaban J connectivity index is 1.01. The molecule has 2 aromatic rings. The highest BCUT2D eigenvalue weighted by atomic mass is 16.7. The lowest BCUT2D eigenvalue weighted by Crippen LogP contribution is -2.57. The molecule has 0 radical (unpaired) electrons. The van der Waals surface area contributed by atoms with Crippen molar-refractivity contribution in [3.05, 3.63) is 48.5 Å². The van der Waals surface area contributed by atoms with E-state index < -0.39 is 0 Å². The first kappa shape index (κ1) is 21.1. The first-order valence-corrected chi connectivity index (χ1v) is 12.8. The van der Waals surface area contributed by atoms with E-state index in [1.165, 1.54) is 63.2 Å². The van der Waals surface area contributed by atoms with Crippen LogP contribution in [-0.2, 0) is 0 Å². The van der Waals surface area contributed by atoms with E-state index in [1.54, 1.807) is 0 Å². The lowest BCUT2D eigenvalue weighted by Gasteiger charge is -2.47. The van der Waals surface area contributed by atoms with Crippen LogP contribution in [0.2, 0.25) is 0 Å². The second-order valence-electron chi connectivity index (χ2n) is 9.91. The van der Waals surface area contributed by atoms with Crippen molar-refractivity contribution in [2.24, 2.45) is 0 Å². The van der Waals surface area contributed by atoms with Gasteiger partial charge in [0.05, 0.1) is 0 Å². The molecule has 4 aliphatic rings. The van der Waals surface area contributed by atoms with E-state index in [2.05, 4.69) is 68.1 Å². The summed E-state index contributed by atoms with van der Waals surface area (Å²) in [5.74, 6) is 1.76. The van der Waals surface area contributed by atoms with Crippen LogP contribution in [0.3, 0.4) is 0 Å². The van der Waals surface area contributed by atoms with Gasteiger partial charge in [0.2, 0.25) is 6.79 Å². The molecule has 0 saturated carbocycles. The summed E-state index contributed by atoms with van der Waals surface area (Å²) in [7, 11) is 0. The van der Waals surface area contributed by atoms with Crippen LogP contribution < -0.4 is 19.3 Å². The van der Waals surface area contributed by atoms with Crippen molar-refractivity contribution >= 4 is 11.4 Å². The number of hydrogen-bond donors (Lipinski definition) is 0. The standard InChI is InChI=1S/C27H36N4O2/c1-2-5-22(6-3-1)29-15-17-30(18-16-29)25-7-4-12-31(20-25)23-10-13-28(14-11-23)24-8-9-26-27(19-24)33-21-32-26/h1-3,5-6,8-9,19,23,25H,4,7,10-18,20-21H2/t25-/m0/s1. The molecular weight excluding hydrogens is 412 g/mol. The normalized spacial score (nSPS) is 24.9. The van der Waals surface area contributed by atoms with Gasteiger partial charge in [-0.25, -0.2) is 0 Å². The highest BCUT2D eigenvalue weighted by Crippen LogP contribution is 2.36. The summed E-state index contributed by atoms with van der Waals surface area (Å²) in [4.78, 5) is 10.6. The fraction of sp³-hybridized carbons (Fsp3) is 0.556. The molecule has 0 N–H and O–H groups in total. The summed E-state index contributed by atoms with van der Waals surface area (Å²) in [5.41, 5.74) is 2.64. The van der Waals surface area contributed by atoms with Crippen LogP contribution in [0.4, 0.5) is 11.4 Å². The zero-order valence-electron chi connectivity index (χ0n) is 19.6. The number of fused-ring (bicyclic) bond motifs is 1. The van der Waals surface area contributed by atoms with Crippen molar-refractivity contribution in [3.63, 3.8) is 0 Å². The maximum absolute atomic E-state index is 5.58. The number of para-hydroxylation sites is 1. The first-order valence-electron chi connectivity index (χ1n) is 12.8. The Morgan fingerprint density at radius 2 is 1.36 bits per heavy atom. The number of hydrogen-bond acceptors (Lipinski definition) is 6. The molecule has 0 spiro atoms. The Kier molecular flexibility index (Phi) is 6.04. The Morgan fingerprint density at radius 3 is 2.18 bits per heavy atom. The smallest absolute Gasteiger partial charge is 0.231 e. The van der Waals surface area contributed by atoms with Crippen LogP contribution in [-0.4, -0.2) is 81.0 Å². The van der Waals surface area contributed by atoms with E-state index in [0.717, 1.165) is 49.8 Å². The number of benzene rings is 2. The number of rotatable bonds is 4. The fourth-order valence-corrected chi connectivity index (χ4v) is 6.17. The van der Waals surface area contributed by atoms with E-state index in [1.807, 2.05) is 0 Å². The lowest BCUT2D eigenvalue weighted by molar-refractivity contribution is 0.0596. The van der Waals surface area contributed by atoms with Crippen LogP contribution in [0.1, 0.15) is 25.7 Å². The van der Waals surface area contributed by atoms with Crippen LogP contribution in [0, 0.1) is 0 Å². The van der Waals surface area contributed by atoms with Crippen molar-refractivity contribution in [2.45, 2.75) is 37.8 Å². The third-order valence-electron chi connectivity index (χ3n) is 8.08. The monoisotopic (exact) mass is 448 g/mol. The Labute approximate surface area is 197 Å². The zero-order valence-corrected chi connectivity index (χ0v) is 19.6. The van der Waals surface area contributed by atoms with Gasteiger partial charge >= 0.3 is 0 Å². The summed E-state index contributed by atoms with van der Waals surface area (Å²) in [6.07, 6.45) is 5.20. The van der Waals surface area contributed by atoms with Gasteiger partial charge in [0.15, 0.2) is 11.5 Å². The number of likely N-dealkylation sites (tertiary alicyclic amines) is 1. The summed E-state index contributed by atoms with van der Waals surface area (Å²) in [6, 6.07) is 18.7. The molecule has 33 heavy (non-hydrogen) atoms. The van der Waals surface area contributed by atoms with Crippen LogP contribution in [0.25, 0.3) is 0 Å². The maximum atomic E-state index is 5.58. The third-order valence-corrected chi connectivity index (χ3v) is 8.08. The van der Waals surface area contributed by atoms with Gasteiger partial charge in [0.25, 0.3) is 0 Å². The largest absolute Gasteiger partial charge is 0.454 e. The third kappa shape index (κ3) is 4.51. The average molecular weight is 449 g/mol. The molecule has 6 nitrogen and oxygen atoms in total. The van der Waals surface area contributed by atoms with Crippen LogP contribution in [0.5, 0.6) is 11.5 Å². The van der Waals surface area contributed by atoms with Crippen molar-refractivity contribution in [2.75, 3.05) is 69.0 Å². The molecule has 3 fully saturated rings. The average Bonchev–Trinajstić information content (AvgIpc) is 3.38. The topological polar surface area (TPSA) is 31.4 Å². The summed E-state index contributed by atoms with van der Waals surface area (Å²) >= 11 is 0. The van der Waals surface area contributed by atoms with E-state index in [0.29, 0.717) is 6.79 Å². The number of ether oxygens (including phenoxy) is 2. The molecule has 2 aromatic carbocycles. The van der Waals surface area contributed by atoms with Crippen molar-refractivity contribution in [1.82, 2.24) is 9.80 Å². The van der Waals surface area contributed by atoms with Gasteiger partial charge in [-0.15, -0.1) is 0 Å². The Morgan fingerprint density at radius 1 is 0.606 bits per heavy atom. The molecule has 3 saturated heterocycles. The van der Waals surface area contributed by atoms with Crippen LogP contribution >= 0.6 is 0 Å². The molecule has 0 aliphatic carbocycles. The number of piperazine rings is 1. The van der Waals surface area contributed by atoms with Gasteiger partial charge in [-0.3, -0.25) is 9.80 Å². The number of piperidine rings is 2. The SMILES string of the molecule is c1ccc(N2CCN([C@H]3CCCN(C4CCN(c5ccc6c(c5)OCO6)CC4)C3)CC2)cc1. The van der Waals surface area contributed by atoms with Crippen molar-refractivity contribution in [1.29, 1.82) is 0 Å². The molecule has 176 valence electrons. The van der Waals surface area contributed by atoms with Gasteiger partial charge in [-0.2, -0.15) is 0 Å². The second-order valence-corrected chi connectivity index (χ2v) is 9.91. The van der Waals surface area contributed by atoms with E-state index in [4.69, 9.17) is 9.47 Å². The predicted molar refractivity (Wildman–Crippen MR) is 133 cm³/mol. The summed E-state index contributed by atoms with van der Waals surface area (Å²) < 4.78 is 11.1. The zero-order chi connectivity index (χ0) is 22.0. The predicted octanol–water partition coefficient (Wildman–Crippen LogP) is 3.67. The highest BCUT2D eigenvalue weighted by Gasteiger charge is 2.32. The molecule has 0 bridgehead atoms. The Hall–Kier alpha value is -2.44. The number of nitrogens with zero attached hydrogens (tertiary/aromatic N) is 4. The van der Waals surface area contributed by atoms with Crippen molar-refractivity contribution in [3.8, 4) is 11.5 Å². The molecule has 4 heterocycles. The van der Waals surface area contributed by atoms with E-state index >= 15 is 0 Å². The van der Waals surface area contributed by atoms with Gasteiger partial charge in [0, 0.05) is 75.3 Å². The fourth-order valence-electron chi connectivity index (χ4n) is 6.17. The highest BCUT2D eigenvalue weighted by molar-refractivity contribution is 5.57. The first-order chi connectivity index (χ1) is 16.3. The molecular formula is C27H36N4O2. The second kappa shape index (κ2) is 9.43. The molecule has 6 rings (SSSR count). The summed E-state index contributed by atoms with van der Waals surface area (Å²) in [5, 5.41) is 0. The minimum absolute atomic E-state index is 0.346. The minimum Gasteiger partial charge on any atom is -0.454 e. The molecule has 6 heteroatoms. The van der Waals surface area contributed by atoms with E-state index in [-0.39, 0.29) is 0 Å². The van der Waals surface area contributed by atoms with E-state index in [9.17, 15) is 0 Å². The quantitative estimate of drug-likeness (QED) is 0.710. The maximum Gasteiger partial charge on any atom is 0.231 e.